The summed E-state index contributed by atoms with van der Waals surface area (Å²) in [4.78, 5) is 14.5. The summed E-state index contributed by atoms with van der Waals surface area (Å²) in [6.45, 7) is 3.17. The van der Waals surface area contributed by atoms with Gasteiger partial charge in [-0.25, -0.2) is 4.98 Å². The Morgan fingerprint density at radius 1 is 1.03 bits per heavy atom. The van der Waals surface area contributed by atoms with Gasteiger partial charge in [0.1, 0.15) is 0 Å². The van der Waals surface area contributed by atoms with Crippen molar-refractivity contribution in [2.75, 3.05) is 17.2 Å². The van der Waals surface area contributed by atoms with E-state index in [4.69, 9.17) is 20.7 Å². The van der Waals surface area contributed by atoms with Gasteiger partial charge in [-0.3, -0.25) is 0 Å². The Hall–Kier alpha value is -1.89. The molecule has 0 spiro atoms. The molecule has 2 fully saturated rings. The highest BCUT2D eigenvalue weighted by Gasteiger charge is 2.23. The molecule has 2 saturated carbocycles. The fraction of sp³-hybridized carbons (Fsp3) is 0.773. The predicted molar refractivity (Wildman–Crippen MR) is 119 cm³/mol. The van der Waals surface area contributed by atoms with Crippen LogP contribution in [0, 0.1) is 0 Å². The molecule has 4 rings (SSSR count). The molecule has 0 bridgehead atoms. The minimum atomic E-state index is 0.348. The van der Waals surface area contributed by atoms with Gasteiger partial charge in [-0.05, 0) is 44.9 Å². The van der Waals surface area contributed by atoms with Crippen molar-refractivity contribution in [1.82, 2.24) is 19.5 Å². The fourth-order valence-corrected chi connectivity index (χ4v) is 4.76. The molecule has 2 heterocycles. The number of aromatic nitrogens is 4. The van der Waals surface area contributed by atoms with E-state index >= 15 is 0 Å². The molecule has 2 aliphatic rings. The summed E-state index contributed by atoms with van der Waals surface area (Å²) in [6, 6.07) is 1.28. The van der Waals surface area contributed by atoms with Crippen molar-refractivity contribution in [3.8, 4) is 0 Å². The van der Waals surface area contributed by atoms with Gasteiger partial charge in [-0.15, -0.1) is 0 Å². The molecule has 4 N–H and O–H groups in total. The normalized spacial score (nSPS) is 23.0. The molecule has 2 aromatic rings. The second-order valence-electron chi connectivity index (χ2n) is 8.90. The highest BCUT2D eigenvalue weighted by molar-refractivity contribution is 5.84. The van der Waals surface area contributed by atoms with Gasteiger partial charge in [-0.1, -0.05) is 39.0 Å². The van der Waals surface area contributed by atoms with Crippen molar-refractivity contribution in [3.63, 3.8) is 0 Å². The van der Waals surface area contributed by atoms with Gasteiger partial charge in [0.2, 0.25) is 5.95 Å². The van der Waals surface area contributed by atoms with E-state index in [9.17, 15) is 0 Å². The van der Waals surface area contributed by atoms with Gasteiger partial charge in [0.25, 0.3) is 0 Å². The fourth-order valence-electron chi connectivity index (χ4n) is 4.76. The zero-order chi connectivity index (χ0) is 20.1. The van der Waals surface area contributed by atoms with Crippen LogP contribution in [-0.4, -0.2) is 38.1 Å². The maximum Gasteiger partial charge on any atom is 0.227 e. The summed E-state index contributed by atoms with van der Waals surface area (Å²) < 4.78 is 2.29. The number of nitrogens with two attached hydrogens (primary N) is 1. The zero-order valence-electron chi connectivity index (χ0n) is 17.9. The third-order valence-electron chi connectivity index (χ3n) is 6.57. The molecule has 29 heavy (non-hydrogen) atoms. The van der Waals surface area contributed by atoms with E-state index in [1.807, 2.05) is 6.33 Å². The van der Waals surface area contributed by atoms with Gasteiger partial charge < -0.3 is 20.9 Å². The molecule has 7 heteroatoms. The first-order valence-electron chi connectivity index (χ1n) is 11.7. The number of anilines is 2. The first-order chi connectivity index (χ1) is 14.2. The van der Waals surface area contributed by atoms with E-state index in [1.165, 1.54) is 44.9 Å². The molecule has 0 radical (unpaired) electrons. The Kier molecular flexibility index (Phi) is 6.85. The van der Waals surface area contributed by atoms with Crippen molar-refractivity contribution < 1.29 is 0 Å². The third-order valence-corrected chi connectivity index (χ3v) is 6.57. The van der Waals surface area contributed by atoms with Crippen LogP contribution in [0.1, 0.15) is 90.0 Å². The van der Waals surface area contributed by atoms with Crippen LogP contribution in [0.2, 0.25) is 0 Å². The lowest BCUT2D eigenvalue weighted by Crippen LogP contribution is -2.33. The van der Waals surface area contributed by atoms with E-state index in [0.29, 0.717) is 18.1 Å². The van der Waals surface area contributed by atoms with E-state index in [1.54, 1.807) is 0 Å². The van der Waals surface area contributed by atoms with Gasteiger partial charge >= 0.3 is 0 Å². The molecule has 0 saturated heterocycles. The lowest BCUT2D eigenvalue weighted by atomic mass is 9.92. The smallest absolute Gasteiger partial charge is 0.227 e. The molecule has 2 aromatic heterocycles. The summed E-state index contributed by atoms with van der Waals surface area (Å²) in [5, 5.41) is 7.14. The molecular weight excluding hydrogens is 362 g/mol. The highest BCUT2D eigenvalue weighted by atomic mass is 15.2. The Balaban J connectivity index is 1.55. The quantitative estimate of drug-likeness (QED) is 0.533. The highest BCUT2D eigenvalue weighted by Crippen LogP contribution is 2.33. The van der Waals surface area contributed by atoms with Crippen molar-refractivity contribution in [1.29, 1.82) is 0 Å². The minimum absolute atomic E-state index is 0.348. The summed E-state index contributed by atoms with van der Waals surface area (Å²) >= 11 is 0. The lowest BCUT2D eigenvalue weighted by molar-refractivity contribution is 0.410. The van der Waals surface area contributed by atoms with Crippen LogP contribution in [-0.2, 0) is 0 Å². The van der Waals surface area contributed by atoms with Gasteiger partial charge in [-0.2, -0.15) is 9.97 Å². The summed E-state index contributed by atoms with van der Waals surface area (Å²) in [5.41, 5.74) is 7.95. The summed E-state index contributed by atoms with van der Waals surface area (Å²) in [6.07, 6.45) is 16.3. The van der Waals surface area contributed by atoms with Gasteiger partial charge in [0.15, 0.2) is 17.0 Å². The molecule has 0 amide bonds. The molecule has 7 nitrogen and oxygen atoms in total. The minimum Gasteiger partial charge on any atom is -0.368 e. The predicted octanol–water partition coefficient (Wildman–Crippen LogP) is 4.62. The first-order valence-corrected chi connectivity index (χ1v) is 11.7. The van der Waals surface area contributed by atoms with Crippen LogP contribution in [0.3, 0.4) is 0 Å². The van der Waals surface area contributed by atoms with E-state index in [0.717, 1.165) is 61.6 Å². The number of hydrogen-bond donors (Lipinski definition) is 3. The average Bonchev–Trinajstić information content (AvgIpc) is 3.39. The molecule has 0 aromatic carbocycles. The van der Waals surface area contributed by atoms with Gasteiger partial charge in [0.05, 0.1) is 6.33 Å². The Morgan fingerprint density at radius 3 is 2.59 bits per heavy atom. The van der Waals surface area contributed by atoms with Crippen LogP contribution in [0.15, 0.2) is 6.33 Å². The molecular formula is C22H37N7. The molecule has 0 unspecified atom stereocenters. The maximum absolute atomic E-state index is 6.07. The second-order valence-corrected chi connectivity index (χ2v) is 8.90. The molecule has 2 aliphatic carbocycles. The topological polar surface area (TPSA) is 93.7 Å². The SMILES string of the molecule is CCCCCCNc1nc(N[C@H]2CC[C@H](N)CC2)nc2c1ncn2C1CCCC1. The van der Waals surface area contributed by atoms with Crippen LogP contribution in [0.25, 0.3) is 11.2 Å². The number of fused-ring (bicyclic) bond motifs is 1. The van der Waals surface area contributed by atoms with Crippen LogP contribution in [0.4, 0.5) is 11.8 Å². The Bertz CT molecular complexity index is 773. The zero-order valence-corrected chi connectivity index (χ0v) is 17.9. The summed E-state index contributed by atoms with van der Waals surface area (Å²) in [5.74, 6) is 1.60. The molecule has 160 valence electrons. The maximum atomic E-state index is 6.07. The van der Waals surface area contributed by atoms with Crippen molar-refractivity contribution in [3.05, 3.63) is 6.33 Å². The molecule has 0 atom stereocenters. The molecule has 0 aliphatic heterocycles. The van der Waals surface area contributed by atoms with Gasteiger partial charge in [0, 0.05) is 24.7 Å². The number of nitrogens with zero attached hydrogens (tertiary/aromatic N) is 4. The number of unbranched alkanes of at least 4 members (excludes halogenated alkanes) is 3. The van der Waals surface area contributed by atoms with E-state index < -0.39 is 0 Å². The standard InChI is InChI=1S/C22H37N7/c1-2-3-4-7-14-24-20-19-21(29(15-25-19)18-8-5-6-9-18)28-22(27-20)26-17-12-10-16(23)11-13-17/h15-18H,2-14,23H2,1H3,(H2,24,26,27,28)/t16-,17-. The first kappa shape index (κ1) is 20.4. The van der Waals surface area contributed by atoms with E-state index in [2.05, 4.69) is 22.1 Å². The Morgan fingerprint density at radius 2 is 1.83 bits per heavy atom. The number of hydrogen-bond acceptors (Lipinski definition) is 6. The number of nitrogens with one attached hydrogen (secondary N) is 2. The lowest BCUT2D eigenvalue weighted by Gasteiger charge is -2.27. The van der Waals surface area contributed by atoms with Crippen LogP contribution >= 0.6 is 0 Å². The van der Waals surface area contributed by atoms with Crippen LogP contribution < -0.4 is 16.4 Å². The number of imidazole rings is 1. The van der Waals surface area contributed by atoms with Crippen LogP contribution in [0.5, 0.6) is 0 Å². The van der Waals surface area contributed by atoms with Crippen molar-refractivity contribution in [2.24, 2.45) is 5.73 Å². The summed E-state index contributed by atoms with van der Waals surface area (Å²) in [7, 11) is 0. The largest absolute Gasteiger partial charge is 0.368 e. The van der Waals surface area contributed by atoms with Crippen molar-refractivity contribution >= 4 is 22.9 Å². The average molecular weight is 400 g/mol. The third kappa shape index (κ3) is 5.00. The second kappa shape index (κ2) is 9.74. The monoisotopic (exact) mass is 399 g/mol. The van der Waals surface area contributed by atoms with Crippen molar-refractivity contribution in [2.45, 2.75) is 102 Å². The van der Waals surface area contributed by atoms with E-state index in [-0.39, 0.29) is 0 Å². The number of rotatable bonds is 9. The Labute approximate surface area is 174 Å².